The lowest BCUT2D eigenvalue weighted by Crippen LogP contribution is -2.28. The smallest absolute Gasteiger partial charge is 0.263 e. The van der Waals surface area contributed by atoms with E-state index < -0.39 is 0 Å². The van der Waals surface area contributed by atoms with Gasteiger partial charge in [0, 0.05) is 0 Å². The Labute approximate surface area is 78.6 Å². The zero-order valence-corrected chi connectivity index (χ0v) is 7.03. The number of carbonyl (C=O) groups excluding carboxylic acids is 1. The summed E-state index contributed by atoms with van der Waals surface area (Å²) >= 11 is 0. The van der Waals surface area contributed by atoms with Gasteiger partial charge < -0.3 is 0 Å². The summed E-state index contributed by atoms with van der Waals surface area (Å²) in [5, 5.41) is 10.8. The molecule has 1 aliphatic carbocycles. The maximum absolute atomic E-state index is 11.4. The van der Waals surface area contributed by atoms with Crippen molar-refractivity contribution in [3.63, 3.8) is 0 Å². The molecule has 1 amide bonds. The Bertz CT molecular complexity index is 496. The Hall–Kier alpha value is -2.11. The number of nitrogens with zero attached hydrogens (tertiary/aromatic N) is 5. The number of carbonyl (C=O) groups is 1. The quantitative estimate of drug-likeness (QED) is 0.570. The first-order chi connectivity index (χ1) is 6.86. The van der Waals surface area contributed by atoms with Gasteiger partial charge in [-0.05, 0) is 16.5 Å². The van der Waals surface area contributed by atoms with Crippen LogP contribution in [0.4, 0.5) is 0 Å². The molecule has 0 spiro atoms. The predicted molar refractivity (Wildman–Crippen MR) is 46.9 cm³/mol. The van der Waals surface area contributed by atoms with E-state index in [1.165, 1.54) is 4.68 Å². The number of fused-ring (bicyclic) bond motifs is 3. The summed E-state index contributed by atoms with van der Waals surface area (Å²) in [5.74, 6) is -0.195. The van der Waals surface area contributed by atoms with Gasteiger partial charge in [0.2, 0.25) is 5.82 Å². The molecule has 6 nitrogen and oxygen atoms in total. The zero-order valence-electron chi connectivity index (χ0n) is 7.03. The molecule has 0 fully saturated rings. The summed E-state index contributed by atoms with van der Waals surface area (Å²) in [6.07, 6.45) is 7.39. The van der Waals surface area contributed by atoms with E-state index in [1.54, 1.807) is 6.08 Å². The molecule has 1 unspecified atom stereocenters. The molecule has 2 heterocycles. The van der Waals surface area contributed by atoms with Crippen molar-refractivity contribution in [3.05, 3.63) is 30.1 Å². The van der Waals surface area contributed by atoms with Crippen molar-refractivity contribution in [2.75, 3.05) is 0 Å². The van der Waals surface area contributed by atoms with Crippen molar-refractivity contribution in [2.24, 2.45) is 4.99 Å². The van der Waals surface area contributed by atoms with Gasteiger partial charge in [0.15, 0.2) is 0 Å². The molecule has 6 heteroatoms. The Morgan fingerprint density at radius 3 is 3.21 bits per heavy atom. The highest BCUT2D eigenvalue weighted by Crippen LogP contribution is 2.20. The van der Waals surface area contributed by atoms with E-state index in [1.807, 2.05) is 18.2 Å². The second-order valence-corrected chi connectivity index (χ2v) is 2.98. The Kier molecular flexibility index (Phi) is 1.27. The molecule has 1 aromatic rings. The fourth-order valence-corrected chi connectivity index (χ4v) is 1.52. The monoisotopic (exact) mass is 187 g/mol. The maximum Gasteiger partial charge on any atom is 0.316 e. The third kappa shape index (κ3) is 0.819. The van der Waals surface area contributed by atoms with Crippen LogP contribution in [0.25, 0.3) is 0 Å². The van der Waals surface area contributed by atoms with Gasteiger partial charge in [-0.25, -0.2) is 9.67 Å². The van der Waals surface area contributed by atoms with Crippen molar-refractivity contribution in [1.82, 2.24) is 20.2 Å². The molecule has 1 atom stereocenters. The lowest BCUT2D eigenvalue weighted by molar-refractivity contribution is 0.0982. The minimum atomic E-state index is -0.388. The number of hydrogen-bond acceptors (Lipinski definition) is 4. The van der Waals surface area contributed by atoms with Crippen LogP contribution in [-0.2, 0) is 0 Å². The number of rotatable bonds is 0. The van der Waals surface area contributed by atoms with Crippen molar-refractivity contribution < 1.29 is 4.79 Å². The molecular formula is C8H5N5O. The van der Waals surface area contributed by atoms with E-state index in [9.17, 15) is 4.79 Å². The average molecular weight is 187 g/mol. The van der Waals surface area contributed by atoms with Crippen LogP contribution in [-0.4, -0.2) is 31.8 Å². The van der Waals surface area contributed by atoms with Gasteiger partial charge in [0.05, 0.1) is 5.71 Å². The Balaban J connectivity index is 2.23. The molecule has 1 aromatic heterocycles. The van der Waals surface area contributed by atoms with Crippen LogP contribution in [0.5, 0.6) is 0 Å². The van der Waals surface area contributed by atoms with Crippen molar-refractivity contribution in [3.8, 4) is 0 Å². The molecule has 0 aromatic carbocycles. The highest BCUT2D eigenvalue weighted by atomic mass is 16.2. The van der Waals surface area contributed by atoms with Gasteiger partial charge in [-0.15, -0.1) is 5.10 Å². The van der Waals surface area contributed by atoms with Gasteiger partial charge in [-0.3, -0.25) is 4.79 Å². The molecule has 2 aliphatic rings. The molecule has 0 N–H and O–H groups in total. The van der Waals surface area contributed by atoms with E-state index in [4.69, 9.17) is 0 Å². The number of aliphatic imine (C=N–C) groups is 1. The first-order valence-corrected chi connectivity index (χ1v) is 4.12. The summed E-state index contributed by atoms with van der Waals surface area (Å²) in [4.78, 5) is 15.3. The first kappa shape index (κ1) is 7.31. The normalized spacial score (nSPS) is 23.0. The summed E-state index contributed by atoms with van der Waals surface area (Å²) in [5.41, 5.74) is 0.678. The molecule has 3 rings (SSSR count). The largest absolute Gasteiger partial charge is 0.316 e. The average Bonchev–Trinajstić information content (AvgIpc) is 2.67. The fraction of sp³-hybridized carbons (Fsp3) is 0.125. The van der Waals surface area contributed by atoms with E-state index in [0.29, 0.717) is 5.71 Å². The standard InChI is InChI=1S/C8H5N5O/c14-8-7-10-11-12-13(7)6-4-2-1-3-5(6)9-8/h1-4,6H. The molecule has 0 radical (unpaired) electrons. The minimum Gasteiger partial charge on any atom is -0.263 e. The number of allylic oxidation sites excluding steroid dienone is 4. The van der Waals surface area contributed by atoms with Crippen molar-refractivity contribution in [1.29, 1.82) is 0 Å². The summed E-state index contributed by atoms with van der Waals surface area (Å²) in [7, 11) is 0. The zero-order chi connectivity index (χ0) is 9.54. The van der Waals surface area contributed by atoms with Gasteiger partial charge in [0.1, 0.15) is 6.04 Å². The van der Waals surface area contributed by atoms with Crippen LogP contribution in [0.3, 0.4) is 0 Å². The molecule has 1 aliphatic heterocycles. The third-order valence-corrected chi connectivity index (χ3v) is 2.15. The van der Waals surface area contributed by atoms with Crippen molar-refractivity contribution >= 4 is 11.6 Å². The third-order valence-electron chi connectivity index (χ3n) is 2.15. The lowest BCUT2D eigenvalue weighted by atomic mass is 10.1. The first-order valence-electron chi connectivity index (χ1n) is 4.12. The summed E-state index contributed by atoms with van der Waals surface area (Å²) in [6, 6.07) is -0.136. The lowest BCUT2D eigenvalue weighted by Gasteiger charge is -2.19. The SMILES string of the molecule is O=C1N=C2C=CC=CC2n2nnnc21. The van der Waals surface area contributed by atoms with Gasteiger partial charge in [-0.2, -0.15) is 0 Å². The van der Waals surface area contributed by atoms with Gasteiger partial charge in [-0.1, -0.05) is 18.2 Å². The number of aromatic nitrogens is 4. The van der Waals surface area contributed by atoms with Crippen LogP contribution in [0.1, 0.15) is 16.7 Å². The summed E-state index contributed by atoms with van der Waals surface area (Å²) < 4.78 is 1.48. The van der Waals surface area contributed by atoms with Gasteiger partial charge in [0.25, 0.3) is 0 Å². The highest BCUT2D eigenvalue weighted by Gasteiger charge is 2.29. The molecule has 14 heavy (non-hydrogen) atoms. The molecular weight excluding hydrogens is 182 g/mol. The summed E-state index contributed by atoms with van der Waals surface area (Å²) in [6.45, 7) is 0. The minimum absolute atomic E-state index is 0.136. The number of hydrogen-bond donors (Lipinski definition) is 0. The predicted octanol–water partition coefficient (Wildman–Crippen LogP) is -0.0650. The Morgan fingerprint density at radius 2 is 2.29 bits per heavy atom. The van der Waals surface area contributed by atoms with E-state index in [-0.39, 0.29) is 17.8 Å². The van der Waals surface area contributed by atoms with Crippen LogP contribution in [0.15, 0.2) is 29.3 Å². The Morgan fingerprint density at radius 1 is 1.36 bits per heavy atom. The number of amides is 1. The topological polar surface area (TPSA) is 73.0 Å². The highest BCUT2D eigenvalue weighted by molar-refractivity contribution is 6.11. The van der Waals surface area contributed by atoms with Crippen LogP contribution in [0, 0.1) is 0 Å². The molecule has 68 valence electrons. The molecule has 0 saturated carbocycles. The van der Waals surface area contributed by atoms with Crippen LogP contribution < -0.4 is 0 Å². The number of tetrazole rings is 1. The molecule has 0 saturated heterocycles. The van der Waals surface area contributed by atoms with Gasteiger partial charge >= 0.3 is 5.91 Å². The molecule has 0 bridgehead atoms. The second-order valence-electron chi connectivity index (χ2n) is 2.98. The fourth-order valence-electron chi connectivity index (χ4n) is 1.52. The van der Waals surface area contributed by atoms with E-state index >= 15 is 0 Å². The maximum atomic E-state index is 11.4. The van der Waals surface area contributed by atoms with Crippen LogP contribution in [0.2, 0.25) is 0 Å². The second kappa shape index (κ2) is 2.44. The van der Waals surface area contributed by atoms with Crippen molar-refractivity contribution in [2.45, 2.75) is 6.04 Å². The van der Waals surface area contributed by atoms with Crippen LogP contribution >= 0.6 is 0 Å². The van der Waals surface area contributed by atoms with E-state index in [2.05, 4.69) is 20.5 Å². The van der Waals surface area contributed by atoms with E-state index in [0.717, 1.165) is 0 Å².